The highest BCUT2D eigenvalue weighted by molar-refractivity contribution is 7.90. The molecule has 0 spiro atoms. The number of benzene rings is 2. The molecule has 0 heterocycles. The molecule has 0 amide bonds. The molecular formula is C13H13NO4S. The minimum absolute atomic E-state index is 0.147. The molecule has 2 rings (SSSR count). The molecule has 1 unspecified atom stereocenters. The van der Waals surface area contributed by atoms with E-state index in [1.807, 2.05) is 0 Å². The zero-order chi connectivity index (χ0) is 13.9. The summed E-state index contributed by atoms with van der Waals surface area (Å²) in [7, 11) is -3.67. The predicted octanol–water partition coefficient (Wildman–Crippen LogP) is 1.06. The molecule has 0 bridgehead atoms. The molecule has 19 heavy (non-hydrogen) atoms. The molecule has 6 heteroatoms. The molecule has 0 aliphatic carbocycles. The molecule has 0 aromatic heterocycles. The maximum absolute atomic E-state index is 12.3. The van der Waals surface area contributed by atoms with E-state index in [1.54, 1.807) is 30.3 Å². The van der Waals surface area contributed by atoms with Crippen molar-refractivity contribution in [1.82, 2.24) is 0 Å². The maximum Gasteiger partial charge on any atom is 0.188 e. The molecule has 2 aromatic rings. The predicted molar refractivity (Wildman–Crippen MR) is 69.6 cm³/mol. The maximum atomic E-state index is 12.3. The van der Waals surface area contributed by atoms with E-state index in [0.717, 1.165) is 0 Å². The van der Waals surface area contributed by atoms with E-state index in [2.05, 4.69) is 0 Å². The molecule has 0 aliphatic rings. The number of quaternary nitrogens is 1. The van der Waals surface area contributed by atoms with Crippen LogP contribution < -0.4 is 5.23 Å². The molecule has 2 aromatic carbocycles. The zero-order valence-corrected chi connectivity index (χ0v) is 10.8. The van der Waals surface area contributed by atoms with Crippen LogP contribution in [0.2, 0.25) is 0 Å². The molecule has 2 N–H and O–H groups in total. The van der Waals surface area contributed by atoms with Crippen LogP contribution in [0, 0.1) is 5.21 Å². The van der Waals surface area contributed by atoms with Crippen LogP contribution in [0.15, 0.2) is 59.5 Å². The molecule has 0 aliphatic heterocycles. The van der Waals surface area contributed by atoms with Crippen molar-refractivity contribution in [2.24, 2.45) is 0 Å². The van der Waals surface area contributed by atoms with Gasteiger partial charge in [0.25, 0.3) is 0 Å². The third-order valence-electron chi connectivity index (χ3n) is 2.65. The van der Waals surface area contributed by atoms with Crippen LogP contribution in [0.5, 0.6) is 0 Å². The van der Waals surface area contributed by atoms with E-state index in [9.17, 15) is 13.6 Å². The Balaban J connectivity index is 2.41. The Morgan fingerprint density at radius 2 is 1.58 bits per heavy atom. The summed E-state index contributed by atoms with van der Waals surface area (Å²) in [5.41, 5.74) is 0.432. The number of rotatable bonds is 4. The number of hydrogen-bond acceptors (Lipinski definition) is 4. The van der Waals surface area contributed by atoms with Crippen molar-refractivity contribution < 1.29 is 18.9 Å². The van der Waals surface area contributed by atoms with Gasteiger partial charge >= 0.3 is 0 Å². The lowest BCUT2D eigenvalue weighted by Gasteiger charge is -2.15. The lowest BCUT2D eigenvalue weighted by atomic mass is 10.2. The van der Waals surface area contributed by atoms with E-state index < -0.39 is 15.1 Å². The third-order valence-corrected chi connectivity index (χ3v) is 4.39. The smallest absolute Gasteiger partial charge is 0.188 e. The average Bonchev–Trinajstić information content (AvgIpc) is 2.39. The summed E-state index contributed by atoms with van der Waals surface area (Å²) in [6.07, 6.45) is 0. The first-order chi connectivity index (χ1) is 9.00. The molecule has 0 saturated carbocycles. The Labute approximate surface area is 111 Å². The fourth-order valence-corrected chi connectivity index (χ4v) is 3.35. The van der Waals surface area contributed by atoms with E-state index in [-0.39, 0.29) is 16.3 Å². The van der Waals surface area contributed by atoms with E-state index in [4.69, 9.17) is 5.21 Å². The van der Waals surface area contributed by atoms with Crippen molar-refractivity contribution >= 4 is 15.5 Å². The quantitative estimate of drug-likeness (QED) is 0.820. The second kappa shape index (κ2) is 5.50. The second-order valence-electron chi connectivity index (χ2n) is 4.05. The normalized spacial score (nSPS) is 13.2. The Bertz CT molecular complexity index is 653. The minimum atomic E-state index is -3.67. The van der Waals surface area contributed by atoms with Gasteiger partial charge in [0.1, 0.15) is 4.90 Å². The van der Waals surface area contributed by atoms with Gasteiger partial charge < -0.3 is 5.21 Å². The summed E-state index contributed by atoms with van der Waals surface area (Å²) < 4.78 is 24.5. The lowest BCUT2D eigenvalue weighted by Crippen LogP contribution is -2.99. The summed E-state index contributed by atoms with van der Waals surface area (Å²) >= 11 is 0. The summed E-state index contributed by atoms with van der Waals surface area (Å²) in [4.78, 5) is -0.147. The van der Waals surface area contributed by atoms with Gasteiger partial charge in [0.05, 0.1) is 5.75 Å². The van der Waals surface area contributed by atoms with Gasteiger partial charge in [0, 0.05) is 6.07 Å². The van der Waals surface area contributed by atoms with Crippen LogP contribution in [0.25, 0.3) is 0 Å². The monoisotopic (exact) mass is 279 g/mol. The van der Waals surface area contributed by atoms with Gasteiger partial charge in [0.2, 0.25) is 0 Å². The van der Waals surface area contributed by atoms with Crippen LogP contribution >= 0.6 is 0 Å². The third kappa shape index (κ3) is 3.18. The summed E-state index contributed by atoms with van der Waals surface area (Å²) in [6, 6.07) is 14.3. The largest absolute Gasteiger partial charge is 0.595 e. The highest BCUT2D eigenvalue weighted by Gasteiger charge is 2.22. The molecule has 5 nitrogen and oxygen atoms in total. The van der Waals surface area contributed by atoms with Gasteiger partial charge in [-0.25, -0.2) is 13.6 Å². The number of sulfone groups is 1. The highest BCUT2D eigenvalue weighted by Crippen LogP contribution is 2.21. The molecule has 0 saturated heterocycles. The number of para-hydroxylation sites is 1. The van der Waals surface area contributed by atoms with Crippen molar-refractivity contribution in [3.05, 3.63) is 65.4 Å². The molecular weight excluding hydrogens is 266 g/mol. The summed E-state index contributed by atoms with van der Waals surface area (Å²) in [6.45, 7) is 0. The topological polar surface area (TPSA) is 81.9 Å². The average molecular weight is 279 g/mol. The van der Waals surface area contributed by atoms with Gasteiger partial charge in [0.15, 0.2) is 15.5 Å². The van der Waals surface area contributed by atoms with Crippen molar-refractivity contribution in [3.8, 4) is 0 Å². The Hall–Kier alpha value is -1.73. The Morgan fingerprint density at radius 3 is 2.21 bits per heavy atom. The van der Waals surface area contributed by atoms with E-state index >= 15 is 0 Å². The number of nitrogens with one attached hydrogen (secondary N) is 1. The SMILES string of the molecule is O=S(=O)(Cc1ccccc1)c1ccccc1[NH+]([O-])O. The Morgan fingerprint density at radius 1 is 1.00 bits per heavy atom. The van der Waals surface area contributed by atoms with E-state index in [1.165, 1.54) is 24.3 Å². The first-order valence-electron chi connectivity index (χ1n) is 5.60. The fourth-order valence-electron chi connectivity index (χ4n) is 1.79. The van der Waals surface area contributed by atoms with Crippen molar-refractivity contribution in [2.75, 3.05) is 0 Å². The lowest BCUT2D eigenvalue weighted by molar-refractivity contribution is -0.992. The van der Waals surface area contributed by atoms with Gasteiger partial charge in [-0.1, -0.05) is 42.5 Å². The van der Waals surface area contributed by atoms with Crippen LogP contribution in [-0.4, -0.2) is 13.6 Å². The fraction of sp³-hybridized carbons (Fsp3) is 0.0769. The van der Waals surface area contributed by atoms with Crippen LogP contribution in [0.3, 0.4) is 0 Å². The van der Waals surface area contributed by atoms with Crippen LogP contribution in [0.4, 0.5) is 5.69 Å². The molecule has 100 valence electrons. The van der Waals surface area contributed by atoms with Gasteiger partial charge in [-0.3, -0.25) is 0 Å². The van der Waals surface area contributed by atoms with Gasteiger partial charge in [-0.2, -0.15) is 5.23 Å². The first-order valence-corrected chi connectivity index (χ1v) is 7.25. The van der Waals surface area contributed by atoms with E-state index in [0.29, 0.717) is 5.56 Å². The zero-order valence-electron chi connectivity index (χ0n) is 9.98. The van der Waals surface area contributed by atoms with Crippen LogP contribution in [-0.2, 0) is 15.6 Å². The molecule has 1 atom stereocenters. The number of hydrogen-bond donors (Lipinski definition) is 2. The first kappa shape index (κ1) is 13.7. The van der Waals surface area contributed by atoms with Crippen molar-refractivity contribution in [3.63, 3.8) is 0 Å². The summed E-state index contributed by atoms with van der Waals surface area (Å²) in [5, 5.41) is 18.8. The standard InChI is InChI=1S/C13H13NO4S/c15-14(16)12-8-4-5-9-13(12)19(17,18)10-11-6-2-1-3-7-11/h1-9,14-15H,10H2. The summed E-state index contributed by atoms with van der Waals surface area (Å²) in [5.74, 6) is -0.210. The second-order valence-corrected chi connectivity index (χ2v) is 6.00. The Kier molecular flexibility index (Phi) is 3.96. The molecule has 0 fully saturated rings. The van der Waals surface area contributed by atoms with Gasteiger partial charge in [-0.05, 0) is 11.6 Å². The van der Waals surface area contributed by atoms with Crippen LogP contribution in [0.1, 0.15) is 5.56 Å². The molecule has 0 radical (unpaired) electrons. The van der Waals surface area contributed by atoms with Gasteiger partial charge in [-0.15, -0.1) is 0 Å². The van der Waals surface area contributed by atoms with Crippen molar-refractivity contribution in [2.45, 2.75) is 10.6 Å². The highest BCUT2D eigenvalue weighted by atomic mass is 32.2. The van der Waals surface area contributed by atoms with Crippen molar-refractivity contribution in [1.29, 1.82) is 0 Å². The minimum Gasteiger partial charge on any atom is -0.595 e.